The number of aromatic nitrogens is 3. The van der Waals surface area contributed by atoms with Gasteiger partial charge in [-0.2, -0.15) is 4.31 Å². The number of anilines is 1. The molecule has 0 spiro atoms. The van der Waals surface area contributed by atoms with Gasteiger partial charge < -0.3 is 15.2 Å². The molecule has 2 aromatic heterocycles. The molecule has 0 bridgehead atoms. The fraction of sp³-hybridized carbons (Fsp3) is 0.435. The highest BCUT2D eigenvalue weighted by Crippen LogP contribution is 2.26. The maximum atomic E-state index is 13.7. The number of imidazole rings is 1. The van der Waals surface area contributed by atoms with Crippen molar-refractivity contribution in [1.82, 2.24) is 24.2 Å². The van der Waals surface area contributed by atoms with Crippen LogP contribution in [0.4, 0.5) is 5.95 Å². The normalized spacial score (nSPS) is 15.6. The van der Waals surface area contributed by atoms with E-state index < -0.39 is 16.1 Å². The fourth-order valence-electron chi connectivity index (χ4n) is 4.26. The standard InChI is InChI=1S/C23H30N6O3S/c1-28(33(31,32)20-11-5-8-18-9-6-12-24-21(18)20)19(22(30)29-16-3-2-4-17-29)10-7-13-25-23-26-14-15-27-23/h5-6,8-9,11-12,14-15,19H,2-4,7,10,13,16-17H2,1H3,(H2,25,26,27)/t19-/m0/s1. The molecule has 0 saturated carbocycles. The second-order valence-corrected chi connectivity index (χ2v) is 10.2. The van der Waals surface area contributed by atoms with E-state index in [1.807, 2.05) is 17.0 Å². The van der Waals surface area contributed by atoms with Gasteiger partial charge in [-0.1, -0.05) is 18.2 Å². The number of rotatable bonds is 9. The van der Waals surface area contributed by atoms with Crippen molar-refractivity contribution >= 4 is 32.8 Å². The van der Waals surface area contributed by atoms with Gasteiger partial charge in [0.1, 0.15) is 10.9 Å². The predicted octanol–water partition coefficient (Wildman–Crippen LogP) is 2.85. The number of carbonyl (C=O) groups excluding carboxylic acids is 1. The van der Waals surface area contributed by atoms with Crippen LogP contribution in [0.15, 0.2) is 53.8 Å². The Balaban J connectivity index is 1.57. The molecule has 1 aromatic carbocycles. The maximum absolute atomic E-state index is 13.7. The van der Waals surface area contributed by atoms with Crippen molar-refractivity contribution in [3.63, 3.8) is 0 Å². The molecule has 0 unspecified atom stereocenters. The number of amides is 1. The zero-order valence-corrected chi connectivity index (χ0v) is 19.6. The quantitative estimate of drug-likeness (QED) is 0.465. The van der Waals surface area contributed by atoms with E-state index in [1.165, 1.54) is 11.4 Å². The van der Waals surface area contributed by atoms with Crippen LogP contribution in [0.25, 0.3) is 10.9 Å². The number of carbonyl (C=O) groups is 1. The number of nitrogens with one attached hydrogen (secondary N) is 2. The van der Waals surface area contributed by atoms with Crippen molar-refractivity contribution in [3.8, 4) is 0 Å². The van der Waals surface area contributed by atoms with Gasteiger partial charge in [0.05, 0.1) is 5.52 Å². The first-order valence-electron chi connectivity index (χ1n) is 11.3. The molecule has 0 radical (unpaired) electrons. The number of benzene rings is 1. The molecule has 9 nitrogen and oxygen atoms in total. The number of piperidine rings is 1. The Hall–Kier alpha value is -2.98. The summed E-state index contributed by atoms with van der Waals surface area (Å²) in [4.78, 5) is 26.8. The average molecular weight is 471 g/mol. The molecule has 1 amide bonds. The second-order valence-electron chi connectivity index (χ2n) is 8.26. The van der Waals surface area contributed by atoms with Gasteiger partial charge >= 0.3 is 0 Å². The number of hydrogen-bond donors (Lipinski definition) is 2. The third kappa shape index (κ3) is 5.17. The topological polar surface area (TPSA) is 111 Å². The number of sulfonamides is 1. The molecule has 3 heterocycles. The molecular formula is C23H30N6O3S. The largest absolute Gasteiger partial charge is 0.356 e. The van der Waals surface area contributed by atoms with Gasteiger partial charge in [0.25, 0.3) is 0 Å². The lowest BCUT2D eigenvalue weighted by Crippen LogP contribution is -2.50. The Kier molecular flexibility index (Phi) is 7.24. The lowest BCUT2D eigenvalue weighted by atomic mass is 10.1. The van der Waals surface area contributed by atoms with Crippen LogP contribution in [-0.4, -0.2) is 71.2 Å². The number of nitrogens with zero attached hydrogens (tertiary/aromatic N) is 4. The van der Waals surface area contributed by atoms with Gasteiger partial charge in [0, 0.05) is 50.7 Å². The van der Waals surface area contributed by atoms with Gasteiger partial charge in [0.15, 0.2) is 5.95 Å². The third-order valence-electron chi connectivity index (χ3n) is 6.09. The number of fused-ring (bicyclic) bond motifs is 1. The Morgan fingerprint density at radius 2 is 1.94 bits per heavy atom. The molecule has 1 aliphatic rings. The highest BCUT2D eigenvalue weighted by Gasteiger charge is 2.36. The van der Waals surface area contributed by atoms with Crippen molar-refractivity contribution in [1.29, 1.82) is 0 Å². The number of likely N-dealkylation sites (N-methyl/N-ethyl adjacent to an activating group) is 1. The van der Waals surface area contributed by atoms with Crippen LogP contribution >= 0.6 is 0 Å². The lowest BCUT2D eigenvalue weighted by Gasteiger charge is -2.34. The van der Waals surface area contributed by atoms with Crippen LogP contribution in [-0.2, 0) is 14.8 Å². The van der Waals surface area contributed by atoms with Crippen LogP contribution in [0.2, 0.25) is 0 Å². The molecule has 1 saturated heterocycles. The molecular weight excluding hydrogens is 440 g/mol. The van der Waals surface area contributed by atoms with Crippen LogP contribution in [0, 0.1) is 0 Å². The van der Waals surface area contributed by atoms with E-state index in [2.05, 4.69) is 20.3 Å². The van der Waals surface area contributed by atoms with Crippen LogP contribution in [0.5, 0.6) is 0 Å². The van der Waals surface area contributed by atoms with Crippen molar-refractivity contribution in [2.75, 3.05) is 32.0 Å². The third-order valence-corrected chi connectivity index (χ3v) is 7.99. The Morgan fingerprint density at radius 1 is 1.15 bits per heavy atom. The summed E-state index contributed by atoms with van der Waals surface area (Å²) in [6, 6.07) is 7.92. The van der Waals surface area contributed by atoms with Gasteiger partial charge in [-0.05, 0) is 44.2 Å². The molecule has 1 atom stereocenters. The average Bonchev–Trinajstić information content (AvgIpc) is 3.37. The summed E-state index contributed by atoms with van der Waals surface area (Å²) >= 11 is 0. The Labute approximate surface area is 194 Å². The Morgan fingerprint density at radius 3 is 2.70 bits per heavy atom. The smallest absolute Gasteiger partial charge is 0.245 e. The van der Waals surface area contributed by atoms with E-state index in [0.717, 1.165) is 24.6 Å². The van der Waals surface area contributed by atoms with Gasteiger partial charge in [-0.3, -0.25) is 9.78 Å². The van der Waals surface area contributed by atoms with E-state index in [0.29, 0.717) is 43.9 Å². The first-order valence-corrected chi connectivity index (χ1v) is 12.8. The summed E-state index contributed by atoms with van der Waals surface area (Å²) in [5.74, 6) is 0.517. The van der Waals surface area contributed by atoms with E-state index in [9.17, 15) is 13.2 Å². The molecule has 2 N–H and O–H groups in total. The monoisotopic (exact) mass is 470 g/mol. The number of para-hydroxylation sites is 1. The summed E-state index contributed by atoms with van der Waals surface area (Å²) in [5, 5.41) is 3.91. The minimum atomic E-state index is -3.94. The van der Waals surface area contributed by atoms with Crippen LogP contribution in [0.3, 0.4) is 0 Å². The summed E-state index contributed by atoms with van der Waals surface area (Å²) in [6.07, 6.45) is 8.96. The number of hydrogen-bond acceptors (Lipinski definition) is 6. The Bertz CT molecular complexity index is 1170. The van der Waals surface area contributed by atoms with Crippen LogP contribution in [0.1, 0.15) is 32.1 Å². The molecule has 176 valence electrons. The van der Waals surface area contributed by atoms with E-state index in [4.69, 9.17) is 0 Å². The molecule has 33 heavy (non-hydrogen) atoms. The molecule has 10 heteroatoms. The van der Waals surface area contributed by atoms with Crippen molar-refractivity contribution in [2.24, 2.45) is 0 Å². The fourth-order valence-corrected chi connectivity index (χ4v) is 5.76. The minimum Gasteiger partial charge on any atom is -0.356 e. The zero-order valence-electron chi connectivity index (χ0n) is 18.8. The molecule has 1 aliphatic heterocycles. The predicted molar refractivity (Wildman–Crippen MR) is 127 cm³/mol. The van der Waals surface area contributed by atoms with Crippen molar-refractivity contribution in [2.45, 2.75) is 43.0 Å². The summed E-state index contributed by atoms with van der Waals surface area (Å²) in [5.41, 5.74) is 0.413. The lowest BCUT2D eigenvalue weighted by molar-refractivity contribution is -0.136. The van der Waals surface area contributed by atoms with E-state index in [-0.39, 0.29) is 10.8 Å². The maximum Gasteiger partial charge on any atom is 0.245 e. The molecule has 0 aliphatic carbocycles. The molecule has 3 aromatic rings. The van der Waals surface area contributed by atoms with E-state index in [1.54, 1.807) is 36.8 Å². The summed E-state index contributed by atoms with van der Waals surface area (Å²) in [7, 11) is -2.44. The van der Waals surface area contributed by atoms with Gasteiger partial charge in [-0.15, -0.1) is 0 Å². The zero-order chi connectivity index (χ0) is 23.3. The number of H-pyrrole nitrogens is 1. The molecule has 1 fully saturated rings. The summed E-state index contributed by atoms with van der Waals surface area (Å²) in [6.45, 7) is 1.91. The van der Waals surface area contributed by atoms with Crippen molar-refractivity contribution in [3.05, 3.63) is 48.9 Å². The number of pyridine rings is 1. The number of likely N-dealkylation sites (tertiary alicyclic amines) is 1. The highest BCUT2D eigenvalue weighted by molar-refractivity contribution is 7.89. The number of aromatic amines is 1. The van der Waals surface area contributed by atoms with Crippen LogP contribution < -0.4 is 5.32 Å². The van der Waals surface area contributed by atoms with Gasteiger partial charge in [-0.25, -0.2) is 13.4 Å². The van der Waals surface area contributed by atoms with E-state index >= 15 is 0 Å². The summed E-state index contributed by atoms with van der Waals surface area (Å²) < 4.78 is 28.6. The SMILES string of the molecule is CN([C@@H](CCCNc1ncc[nH]1)C(=O)N1CCCCC1)S(=O)(=O)c1cccc2cccnc12. The van der Waals surface area contributed by atoms with Crippen molar-refractivity contribution < 1.29 is 13.2 Å². The second kappa shape index (κ2) is 10.3. The highest BCUT2D eigenvalue weighted by atomic mass is 32.2. The first-order chi connectivity index (χ1) is 16.0. The van der Waals surface area contributed by atoms with Gasteiger partial charge in [0.2, 0.25) is 15.9 Å². The minimum absolute atomic E-state index is 0.119. The first kappa shape index (κ1) is 23.2. The molecule has 4 rings (SSSR count).